The molecule has 122 valence electrons. The fraction of sp³-hybridized carbons (Fsp3) is 0.300. The first kappa shape index (κ1) is 15.5. The maximum atomic E-state index is 6.15. The van der Waals surface area contributed by atoms with Crippen LogP contribution in [0.25, 0.3) is 22.3 Å². The Kier molecular flexibility index (Phi) is 3.38. The third-order valence-electron chi connectivity index (χ3n) is 5.12. The molecule has 3 aromatic rings. The largest absolute Gasteiger partial charge is 0.494 e. The standard InChI is InChI=1S/C20H21BO3/c1-19(2)20(3,4)24-21(23-19)16-10-7-9-14(12-16)18-13-15-8-5-6-11-17(15)22-18/h5-13H,1-4H3. The van der Waals surface area contributed by atoms with Crippen molar-refractivity contribution in [3.8, 4) is 11.3 Å². The van der Waals surface area contributed by atoms with E-state index < -0.39 is 0 Å². The molecule has 3 nitrogen and oxygen atoms in total. The molecule has 1 saturated heterocycles. The lowest BCUT2D eigenvalue weighted by molar-refractivity contribution is 0.00578. The van der Waals surface area contributed by atoms with Gasteiger partial charge >= 0.3 is 7.12 Å². The van der Waals surface area contributed by atoms with Crippen molar-refractivity contribution < 1.29 is 13.7 Å². The maximum Gasteiger partial charge on any atom is 0.494 e. The van der Waals surface area contributed by atoms with Gasteiger partial charge in [0.05, 0.1) is 11.2 Å². The van der Waals surface area contributed by atoms with Gasteiger partial charge in [-0.1, -0.05) is 42.5 Å². The van der Waals surface area contributed by atoms with Gasteiger partial charge in [-0.15, -0.1) is 0 Å². The van der Waals surface area contributed by atoms with Gasteiger partial charge in [0.1, 0.15) is 11.3 Å². The summed E-state index contributed by atoms with van der Waals surface area (Å²) in [5, 5.41) is 1.11. The van der Waals surface area contributed by atoms with E-state index in [2.05, 4.69) is 45.9 Å². The van der Waals surface area contributed by atoms with Crippen LogP contribution in [0.5, 0.6) is 0 Å². The third kappa shape index (κ3) is 2.47. The van der Waals surface area contributed by atoms with E-state index in [4.69, 9.17) is 13.7 Å². The summed E-state index contributed by atoms with van der Waals surface area (Å²) < 4.78 is 18.3. The zero-order valence-corrected chi connectivity index (χ0v) is 14.5. The van der Waals surface area contributed by atoms with Crippen molar-refractivity contribution in [1.82, 2.24) is 0 Å². The summed E-state index contributed by atoms with van der Waals surface area (Å²) in [6, 6.07) is 18.3. The molecule has 0 atom stereocenters. The van der Waals surface area contributed by atoms with Crippen LogP contribution in [-0.4, -0.2) is 18.3 Å². The molecule has 1 fully saturated rings. The topological polar surface area (TPSA) is 31.6 Å². The van der Waals surface area contributed by atoms with Crippen molar-refractivity contribution in [3.63, 3.8) is 0 Å². The van der Waals surface area contributed by atoms with Crippen molar-refractivity contribution in [2.75, 3.05) is 0 Å². The summed E-state index contributed by atoms with van der Waals surface area (Å²) >= 11 is 0. The van der Waals surface area contributed by atoms with E-state index in [0.29, 0.717) is 0 Å². The van der Waals surface area contributed by atoms with E-state index in [1.807, 2.05) is 36.4 Å². The molecule has 24 heavy (non-hydrogen) atoms. The van der Waals surface area contributed by atoms with E-state index in [9.17, 15) is 0 Å². The molecule has 0 aliphatic carbocycles. The van der Waals surface area contributed by atoms with Crippen LogP contribution in [0.1, 0.15) is 27.7 Å². The summed E-state index contributed by atoms with van der Waals surface area (Å²) in [4.78, 5) is 0. The van der Waals surface area contributed by atoms with E-state index in [1.54, 1.807) is 0 Å². The van der Waals surface area contributed by atoms with E-state index in [-0.39, 0.29) is 18.3 Å². The quantitative estimate of drug-likeness (QED) is 0.656. The third-order valence-corrected chi connectivity index (χ3v) is 5.12. The molecule has 0 bridgehead atoms. The van der Waals surface area contributed by atoms with Gasteiger partial charge in [0.15, 0.2) is 0 Å². The van der Waals surface area contributed by atoms with Gasteiger partial charge in [0.25, 0.3) is 0 Å². The van der Waals surface area contributed by atoms with Gasteiger partial charge in [-0.2, -0.15) is 0 Å². The average molecular weight is 320 g/mol. The van der Waals surface area contributed by atoms with Gasteiger partial charge in [-0.3, -0.25) is 0 Å². The summed E-state index contributed by atoms with van der Waals surface area (Å²) in [5.41, 5.74) is 2.25. The minimum absolute atomic E-state index is 0.340. The highest BCUT2D eigenvalue weighted by molar-refractivity contribution is 6.62. The number of para-hydroxylation sites is 1. The number of fused-ring (bicyclic) bond motifs is 1. The predicted molar refractivity (Wildman–Crippen MR) is 97.4 cm³/mol. The van der Waals surface area contributed by atoms with Crippen molar-refractivity contribution in [2.45, 2.75) is 38.9 Å². The number of benzene rings is 2. The Morgan fingerprint density at radius 1 is 0.792 bits per heavy atom. The van der Waals surface area contributed by atoms with Crippen LogP contribution in [0.2, 0.25) is 0 Å². The van der Waals surface area contributed by atoms with Crippen LogP contribution in [0.4, 0.5) is 0 Å². The smallest absolute Gasteiger partial charge is 0.456 e. The summed E-state index contributed by atoms with van der Waals surface area (Å²) in [6.45, 7) is 8.26. The molecule has 2 aromatic carbocycles. The molecule has 0 spiro atoms. The fourth-order valence-corrected chi connectivity index (χ4v) is 2.94. The van der Waals surface area contributed by atoms with Crippen molar-refractivity contribution >= 4 is 23.6 Å². The Balaban J connectivity index is 1.70. The van der Waals surface area contributed by atoms with Gasteiger partial charge in [-0.05, 0) is 45.3 Å². The molecule has 4 heteroatoms. The minimum Gasteiger partial charge on any atom is -0.456 e. The average Bonchev–Trinajstić information content (AvgIpc) is 3.06. The Bertz CT molecular complexity index is 846. The SMILES string of the molecule is CC1(C)OB(c2cccc(-c3cc4ccccc4o3)c2)OC1(C)C. The zero-order valence-electron chi connectivity index (χ0n) is 14.5. The molecule has 0 radical (unpaired) electrons. The zero-order chi connectivity index (χ0) is 16.9. The van der Waals surface area contributed by atoms with E-state index in [0.717, 1.165) is 27.8 Å². The maximum absolute atomic E-state index is 6.15. The van der Waals surface area contributed by atoms with Gasteiger partial charge in [-0.25, -0.2) is 0 Å². The molecule has 0 amide bonds. The number of hydrogen-bond acceptors (Lipinski definition) is 3. The predicted octanol–water partition coefficient (Wildman–Crippen LogP) is 4.40. The van der Waals surface area contributed by atoms with Crippen molar-refractivity contribution in [3.05, 3.63) is 54.6 Å². The monoisotopic (exact) mass is 320 g/mol. The van der Waals surface area contributed by atoms with Gasteiger partial charge in [0, 0.05) is 10.9 Å². The summed E-state index contributed by atoms with van der Waals surface area (Å²) in [7, 11) is -0.362. The van der Waals surface area contributed by atoms with Crippen LogP contribution in [-0.2, 0) is 9.31 Å². The fourth-order valence-electron chi connectivity index (χ4n) is 2.94. The highest BCUT2D eigenvalue weighted by Crippen LogP contribution is 2.36. The molecule has 1 aliphatic heterocycles. The first-order valence-electron chi connectivity index (χ1n) is 8.30. The highest BCUT2D eigenvalue weighted by Gasteiger charge is 2.51. The van der Waals surface area contributed by atoms with E-state index >= 15 is 0 Å². The lowest BCUT2D eigenvalue weighted by Crippen LogP contribution is -2.41. The van der Waals surface area contributed by atoms with Crippen molar-refractivity contribution in [2.24, 2.45) is 0 Å². The van der Waals surface area contributed by atoms with Crippen LogP contribution in [0.3, 0.4) is 0 Å². The Morgan fingerprint density at radius 3 is 2.21 bits per heavy atom. The van der Waals surface area contributed by atoms with Crippen LogP contribution in [0.15, 0.2) is 59.0 Å². The Hall–Kier alpha value is -2.04. The van der Waals surface area contributed by atoms with Crippen LogP contribution < -0.4 is 5.46 Å². The van der Waals surface area contributed by atoms with Crippen LogP contribution >= 0.6 is 0 Å². The molecule has 4 rings (SSSR count). The number of furan rings is 1. The first-order valence-corrected chi connectivity index (χ1v) is 8.30. The minimum atomic E-state index is -0.362. The second-order valence-electron chi connectivity index (χ2n) is 7.36. The molecular formula is C20H21BO3. The second-order valence-corrected chi connectivity index (χ2v) is 7.36. The highest BCUT2D eigenvalue weighted by atomic mass is 16.7. The second kappa shape index (κ2) is 5.23. The molecule has 0 unspecified atom stereocenters. The molecule has 2 heterocycles. The molecule has 1 aliphatic rings. The normalized spacial score (nSPS) is 19.1. The first-order chi connectivity index (χ1) is 11.4. The molecule has 0 saturated carbocycles. The Labute approximate surface area is 142 Å². The molecular weight excluding hydrogens is 299 g/mol. The number of hydrogen-bond donors (Lipinski definition) is 0. The molecule has 1 aromatic heterocycles. The number of rotatable bonds is 2. The molecule has 0 N–H and O–H groups in total. The lowest BCUT2D eigenvalue weighted by Gasteiger charge is -2.32. The van der Waals surface area contributed by atoms with Crippen molar-refractivity contribution in [1.29, 1.82) is 0 Å². The Morgan fingerprint density at radius 2 is 1.50 bits per heavy atom. The van der Waals surface area contributed by atoms with Gasteiger partial charge in [0.2, 0.25) is 0 Å². The van der Waals surface area contributed by atoms with Crippen LogP contribution in [0, 0.1) is 0 Å². The lowest BCUT2D eigenvalue weighted by atomic mass is 9.78. The van der Waals surface area contributed by atoms with E-state index in [1.165, 1.54) is 0 Å². The summed E-state index contributed by atoms with van der Waals surface area (Å²) in [6.07, 6.45) is 0. The summed E-state index contributed by atoms with van der Waals surface area (Å²) in [5.74, 6) is 0.856. The van der Waals surface area contributed by atoms with Gasteiger partial charge < -0.3 is 13.7 Å².